The highest BCUT2D eigenvalue weighted by atomic mass is 32.2. The van der Waals surface area contributed by atoms with Crippen molar-refractivity contribution in [3.8, 4) is 0 Å². The fourth-order valence-corrected chi connectivity index (χ4v) is 2.20. The Kier molecular flexibility index (Phi) is 3.70. The van der Waals surface area contributed by atoms with Crippen LogP contribution in [0.5, 0.6) is 0 Å². The largest absolute Gasteiger partial charge is 0.481 e. The predicted molar refractivity (Wildman–Crippen MR) is 60.2 cm³/mol. The van der Waals surface area contributed by atoms with Crippen LogP contribution in [0.15, 0.2) is 23.1 Å². The van der Waals surface area contributed by atoms with Gasteiger partial charge in [-0.05, 0) is 36.6 Å². The van der Waals surface area contributed by atoms with E-state index in [1.54, 1.807) is 19.1 Å². The van der Waals surface area contributed by atoms with Crippen molar-refractivity contribution >= 4 is 15.8 Å². The number of carboxylic acids is 1. The van der Waals surface area contributed by atoms with E-state index in [0.717, 1.165) is 17.4 Å². The molecule has 1 aromatic carbocycles. The third kappa shape index (κ3) is 3.66. The van der Waals surface area contributed by atoms with Crippen LogP contribution in [-0.2, 0) is 21.1 Å². The number of hydrogen-bond donors (Lipinski definition) is 1. The molecular weight excluding hydrogens is 228 g/mol. The summed E-state index contributed by atoms with van der Waals surface area (Å²) in [6.45, 7) is 1.79. The topological polar surface area (TPSA) is 71.4 Å². The third-order valence-electron chi connectivity index (χ3n) is 2.17. The third-order valence-corrected chi connectivity index (χ3v) is 3.26. The highest BCUT2D eigenvalue weighted by molar-refractivity contribution is 7.90. The van der Waals surface area contributed by atoms with Crippen molar-refractivity contribution in [3.05, 3.63) is 29.3 Å². The zero-order valence-corrected chi connectivity index (χ0v) is 10.0. The van der Waals surface area contributed by atoms with Crippen molar-refractivity contribution in [2.24, 2.45) is 0 Å². The van der Waals surface area contributed by atoms with Gasteiger partial charge >= 0.3 is 5.97 Å². The van der Waals surface area contributed by atoms with Crippen LogP contribution >= 0.6 is 0 Å². The van der Waals surface area contributed by atoms with E-state index < -0.39 is 15.8 Å². The summed E-state index contributed by atoms with van der Waals surface area (Å²) in [5.74, 6) is -0.887. The van der Waals surface area contributed by atoms with Gasteiger partial charge in [0.25, 0.3) is 0 Å². The summed E-state index contributed by atoms with van der Waals surface area (Å²) >= 11 is 0. The summed E-state index contributed by atoms with van der Waals surface area (Å²) in [5, 5.41) is 8.56. The molecule has 0 bridgehead atoms. The van der Waals surface area contributed by atoms with E-state index in [2.05, 4.69) is 0 Å². The molecule has 0 radical (unpaired) electrons. The Morgan fingerprint density at radius 2 is 1.94 bits per heavy atom. The molecule has 1 rings (SSSR count). The summed E-state index contributed by atoms with van der Waals surface area (Å²) < 4.78 is 22.7. The molecule has 5 heteroatoms. The lowest BCUT2D eigenvalue weighted by Gasteiger charge is -2.05. The Morgan fingerprint density at radius 3 is 2.44 bits per heavy atom. The van der Waals surface area contributed by atoms with Gasteiger partial charge in [-0.25, -0.2) is 8.42 Å². The first-order chi connectivity index (χ1) is 7.29. The Labute approximate surface area is 94.8 Å². The van der Waals surface area contributed by atoms with Gasteiger partial charge in [0, 0.05) is 12.7 Å². The number of carboxylic acid groups (broad SMARTS) is 1. The lowest BCUT2D eigenvalue weighted by molar-refractivity contribution is -0.136. The van der Waals surface area contributed by atoms with Crippen molar-refractivity contribution in [2.75, 3.05) is 6.26 Å². The maximum atomic E-state index is 11.4. The molecule has 0 unspecified atom stereocenters. The van der Waals surface area contributed by atoms with E-state index >= 15 is 0 Å². The summed E-state index contributed by atoms with van der Waals surface area (Å²) in [6, 6.07) is 4.92. The molecule has 0 aliphatic rings. The molecule has 16 heavy (non-hydrogen) atoms. The van der Waals surface area contributed by atoms with E-state index in [-0.39, 0.29) is 11.3 Å². The molecule has 0 fully saturated rings. The first kappa shape index (κ1) is 12.7. The van der Waals surface area contributed by atoms with E-state index in [1.807, 2.05) is 0 Å². The second-order valence-corrected chi connectivity index (χ2v) is 5.84. The molecular formula is C11H14O4S. The standard InChI is InChI=1S/C11H14O4S/c1-8-5-9(3-4-11(12)13)7-10(6-8)16(2,14)15/h5-7H,3-4H2,1-2H3,(H,12,13). The van der Waals surface area contributed by atoms with E-state index in [1.165, 1.54) is 6.07 Å². The van der Waals surface area contributed by atoms with E-state index in [4.69, 9.17) is 5.11 Å². The quantitative estimate of drug-likeness (QED) is 0.866. The molecule has 0 aliphatic carbocycles. The van der Waals surface area contributed by atoms with Crippen LogP contribution in [0.3, 0.4) is 0 Å². The maximum Gasteiger partial charge on any atom is 0.303 e. The molecule has 1 aromatic rings. The van der Waals surface area contributed by atoms with Crippen LogP contribution < -0.4 is 0 Å². The maximum absolute atomic E-state index is 11.4. The SMILES string of the molecule is Cc1cc(CCC(=O)O)cc(S(C)(=O)=O)c1. The summed E-state index contributed by atoms with van der Waals surface area (Å²) in [5.41, 5.74) is 1.56. The van der Waals surface area contributed by atoms with Gasteiger partial charge in [-0.1, -0.05) is 6.07 Å². The minimum atomic E-state index is -3.23. The number of carbonyl (C=O) groups is 1. The number of aryl methyl sites for hydroxylation is 2. The first-order valence-corrected chi connectivity index (χ1v) is 6.70. The van der Waals surface area contributed by atoms with Crippen molar-refractivity contribution in [2.45, 2.75) is 24.7 Å². The molecule has 1 N–H and O–H groups in total. The zero-order valence-electron chi connectivity index (χ0n) is 9.23. The monoisotopic (exact) mass is 242 g/mol. The molecule has 88 valence electrons. The minimum absolute atomic E-state index is 0.00660. The van der Waals surface area contributed by atoms with Crippen LogP contribution in [0.2, 0.25) is 0 Å². The van der Waals surface area contributed by atoms with Crippen LogP contribution in [0.1, 0.15) is 17.5 Å². The molecule has 0 aromatic heterocycles. The van der Waals surface area contributed by atoms with Crippen LogP contribution in [0.4, 0.5) is 0 Å². The smallest absolute Gasteiger partial charge is 0.303 e. The number of benzene rings is 1. The first-order valence-electron chi connectivity index (χ1n) is 4.81. The lowest BCUT2D eigenvalue weighted by Crippen LogP contribution is -2.01. The average Bonchev–Trinajstić information content (AvgIpc) is 2.12. The lowest BCUT2D eigenvalue weighted by atomic mass is 10.1. The second kappa shape index (κ2) is 4.65. The highest BCUT2D eigenvalue weighted by Gasteiger charge is 2.09. The van der Waals surface area contributed by atoms with Gasteiger partial charge in [0.2, 0.25) is 0 Å². The van der Waals surface area contributed by atoms with Gasteiger partial charge in [0.15, 0.2) is 9.84 Å². The van der Waals surface area contributed by atoms with E-state index in [9.17, 15) is 13.2 Å². The number of rotatable bonds is 4. The fraction of sp³-hybridized carbons (Fsp3) is 0.364. The fourth-order valence-electron chi connectivity index (χ4n) is 1.43. The Bertz CT molecular complexity index is 503. The summed E-state index contributed by atoms with van der Waals surface area (Å²) in [4.78, 5) is 10.7. The normalized spacial score (nSPS) is 11.4. The molecule has 0 heterocycles. The molecule has 0 atom stereocenters. The van der Waals surface area contributed by atoms with Gasteiger partial charge in [-0.15, -0.1) is 0 Å². The van der Waals surface area contributed by atoms with Crippen LogP contribution in [-0.4, -0.2) is 25.7 Å². The molecule has 4 nitrogen and oxygen atoms in total. The molecule has 0 spiro atoms. The van der Waals surface area contributed by atoms with Gasteiger partial charge in [0.05, 0.1) is 4.90 Å². The second-order valence-electron chi connectivity index (χ2n) is 3.82. The van der Waals surface area contributed by atoms with Crippen LogP contribution in [0.25, 0.3) is 0 Å². The van der Waals surface area contributed by atoms with Crippen molar-refractivity contribution < 1.29 is 18.3 Å². The number of hydrogen-bond acceptors (Lipinski definition) is 3. The molecule has 0 saturated carbocycles. The highest BCUT2D eigenvalue weighted by Crippen LogP contribution is 2.16. The van der Waals surface area contributed by atoms with E-state index in [0.29, 0.717) is 6.42 Å². The minimum Gasteiger partial charge on any atom is -0.481 e. The van der Waals surface area contributed by atoms with Gasteiger partial charge < -0.3 is 5.11 Å². The van der Waals surface area contributed by atoms with Crippen LogP contribution in [0, 0.1) is 6.92 Å². The Hall–Kier alpha value is -1.36. The molecule has 0 aliphatic heterocycles. The zero-order chi connectivity index (χ0) is 12.3. The molecule has 0 saturated heterocycles. The Balaban J connectivity index is 3.04. The van der Waals surface area contributed by atoms with Gasteiger partial charge in [-0.3, -0.25) is 4.79 Å². The summed E-state index contributed by atoms with van der Waals surface area (Å²) in [7, 11) is -3.23. The molecule has 0 amide bonds. The Morgan fingerprint density at radius 1 is 1.31 bits per heavy atom. The van der Waals surface area contributed by atoms with Crippen molar-refractivity contribution in [1.82, 2.24) is 0 Å². The number of aliphatic carboxylic acids is 1. The summed E-state index contributed by atoms with van der Waals surface area (Å²) in [6.07, 6.45) is 1.49. The van der Waals surface area contributed by atoms with Crippen molar-refractivity contribution in [3.63, 3.8) is 0 Å². The van der Waals surface area contributed by atoms with Crippen molar-refractivity contribution in [1.29, 1.82) is 0 Å². The van der Waals surface area contributed by atoms with Gasteiger partial charge in [0.1, 0.15) is 0 Å². The van der Waals surface area contributed by atoms with Gasteiger partial charge in [-0.2, -0.15) is 0 Å². The predicted octanol–water partition coefficient (Wildman–Crippen LogP) is 1.42. The average molecular weight is 242 g/mol. The number of sulfone groups is 1.